The van der Waals surface area contributed by atoms with Crippen molar-refractivity contribution in [2.24, 2.45) is 11.3 Å². The first-order chi connectivity index (χ1) is 8.43. The lowest BCUT2D eigenvalue weighted by molar-refractivity contribution is -0.193. The van der Waals surface area contributed by atoms with E-state index < -0.39 is 17.5 Å². The van der Waals surface area contributed by atoms with E-state index in [1.165, 1.54) is 0 Å². The van der Waals surface area contributed by atoms with Crippen molar-refractivity contribution in [2.75, 3.05) is 0 Å². The minimum atomic E-state index is -4.15. The van der Waals surface area contributed by atoms with E-state index in [9.17, 15) is 13.2 Å². The molecule has 0 radical (unpaired) electrons. The number of rotatable bonds is 4. The molecule has 0 aliphatic heterocycles. The Bertz CT molecular complexity index is 331. The fourth-order valence-corrected chi connectivity index (χ4v) is 2.95. The molecule has 18 heavy (non-hydrogen) atoms. The molecule has 1 saturated carbocycles. The summed E-state index contributed by atoms with van der Waals surface area (Å²) in [4.78, 5) is 0. The van der Waals surface area contributed by atoms with Crippen LogP contribution in [0, 0.1) is 34.0 Å². The van der Waals surface area contributed by atoms with E-state index in [4.69, 9.17) is 10.5 Å². The Kier molecular flexibility index (Phi) is 5.02. The summed E-state index contributed by atoms with van der Waals surface area (Å²) < 4.78 is 38.4. The first-order valence-corrected chi connectivity index (χ1v) is 6.24. The molecule has 0 aromatic heterocycles. The Morgan fingerprint density at radius 2 is 1.67 bits per heavy atom. The third kappa shape index (κ3) is 3.91. The van der Waals surface area contributed by atoms with Crippen LogP contribution >= 0.6 is 0 Å². The first kappa shape index (κ1) is 14.8. The van der Waals surface area contributed by atoms with E-state index in [2.05, 4.69) is 0 Å². The zero-order chi connectivity index (χ0) is 13.6. The van der Waals surface area contributed by atoms with Crippen LogP contribution in [-0.2, 0) is 0 Å². The molecule has 0 amide bonds. The van der Waals surface area contributed by atoms with E-state index in [-0.39, 0.29) is 25.7 Å². The van der Waals surface area contributed by atoms with Gasteiger partial charge in [-0.25, -0.2) is 0 Å². The normalized spacial score (nSPS) is 23.1. The van der Waals surface area contributed by atoms with E-state index >= 15 is 0 Å². The largest absolute Gasteiger partial charge is 0.391 e. The lowest BCUT2D eigenvalue weighted by Crippen LogP contribution is -2.35. The zero-order valence-electron chi connectivity index (χ0n) is 10.3. The van der Waals surface area contributed by atoms with Gasteiger partial charge in [-0.05, 0) is 37.5 Å². The topological polar surface area (TPSA) is 47.6 Å². The minimum Gasteiger partial charge on any atom is -0.198 e. The third-order valence-corrected chi connectivity index (χ3v) is 3.94. The number of nitrogens with zero attached hydrogens (tertiary/aromatic N) is 2. The maximum absolute atomic E-state index is 12.8. The summed E-state index contributed by atoms with van der Waals surface area (Å²) in [7, 11) is 0. The minimum absolute atomic E-state index is 0.0832. The molecule has 0 spiro atoms. The summed E-state index contributed by atoms with van der Waals surface area (Å²) >= 11 is 0. The molecule has 100 valence electrons. The second-order valence-electron chi connectivity index (χ2n) is 5.15. The molecule has 1 atom stereocenters. The van der Waals surface area contributed by atoms with Gasteiger partial charge in [-0.3, -0.25) is 0 Å². The second kappa shape index (κ2) is 6.09. The van der Waals surface area contributed by atoms with Gasteiger partial charge in [0.05, 0.1) is 18.1 Å². The molecule has 1 aliphatic rings. The molecule has 0 bridgehead atoms. The maximum Gasteiger partial charge on any atom is 0.391 e. The fourth-order valence-electron chi connectivity index (χ4n) is 2.95. The van der Waals surface area contributed by atoms with Crippen molar-refractivity contribution in [2.45, 2.75) is 57.5 Å². The molecule has 1 rings (SSSR count). The van der Waals surface area contributed by atoms with Gasteiger partial charge in [-0.1, -0.05) is 6.42 Å². The van der Waals surface area contributed by atoms with Crippen LogP contribution in [0.5, 0.6) is 0 Å². The molecule has 0 N–H and O–H groups in total. The van der Waals surface area contributed by atoms with Gasteiger partial charge in [0, 0.05) is 12.8 Å². The standard InChI is InChI=1S/C13H17F3N2/c14-13(15,16)11-4-1-5-12(10-11,6-2-8-17)7-3-9-18/h11H,1-7,10H2/t11-/m1/s1. The predicted molar refractivity (Wildman–Crippen MR) is 60.1 cm³/mol. The summed E-state index contributed by atoms with van der Waals surface area (Å²) in [5.74, 6) is -1.26. The number of halogens is 3. The highest BCUT2D eigenvalue weighted by Gasteiger charge is 2.46. The third-order valence-electron chi connectivity index (χ3n) is 3.94. The summed E-state index contributed by atoms with van der Waals surface area (Å²) in [6, 6.07) is 4.01. The lowest BCUT2D eigenvalue weighted by Gasteiger charge is -2.41. The van der Waals surface area contributed by atoms with Crippen molar-refractivity contribution < 1.29 is 13.2 Å². The van der Waals surface area contributed by atoms with Crippen molar-refractivity contribution in [3.05, 3.63) is 0 Å². The van der Waals surface area contributed by atoms with Crippen LogP contribution in [-0.4, -0.2) is 6.18 Å². The highest BCUT2D eigenvalue weighted by atomic mass is 19.4. The summed E-state index contributed by atoms with van der Waals surface area (Å²) in [6.07, 6.45) is -1.11. The fraction of sp³-hybridized carbons (Fsp3) is 0.846. The van der Waals surface area contributed by atoms with E-state index in [1.54, 1.807) is 0 Å². The van der Waals surface area contributed by atoms with Gasteiger partial charge in [-0.15, -0.1) is 0 Å². The predicted octanol–water partition coefficient (Wildman–Crippen LogP) is 4.33. The molecule has 0 unspecified atom stereocenters. The van der Waals surface area contributed by atoms with Crippen LogP contribution in [0.1, 0.15) is 51.4 Å². The Balaban J connectivity index is 2.76. The molecule has 2 nitrogen and oxygen atoms in total. The van der Waals surface area contributed by atoms with Gasteiger partial charge in [-0.2, -0.15) is 23.7 Å². The van der Waals surface area contributed by atoms with Crippen molar-refractivity contribution in [3.8, 4) is 12.1 Å². The summed E-state index contributed by atoms with van der Waals surface area (Å²) in [5.41, 5.74) is -0.454. The van der Waals surface area contributed by atoms with E-state index in [0.717, 1.165) is 0 Å². The average Bonchev–Trinajstić information content (AvgIpc) is 2.33. The quantitative estimate of drug-likeness (QED) is 0.753. The lowest BCUT2D eigenvalue weighted by atomic mass is 9.65. The molecular weight excluding hydrogens is 241 g/mol. The number of alkyl halides is 3. The van der Waals surface area contributed by atoms with Crippen LogP contribution in [0.4, 0.5) is 13.2 Å². The molecular formula is C13H17F3N2. The Morgan fingerprint density at radius 1 is 1.11 bits per heavy atom. The van der Waals surface area contributed by atoms with Crippen molar-refractivity contribution in [3.63, 3.8) is 0 Å². The van der Waals surface area contributed by atoms with Crippen LogP contribution in [0.15, 0.2) is 0 Å². The number of hydrogen-bond acceptors (Lipinski definition) is 2. The smallest absolute Gasteiger partial charge is 0.198 e. The molecule has 0 aromatic carbocycles. The highest BCUT2D eigenvalue weighted by Crippen LogP contribution is 2.50. The van der Waals surface area contributed by atoms with Crippen molar-refractivity contribution >= 4 is 0 Å². The van der Waals surface area contributed by atoms with Crippen LogP contribution in [0.2, 0.25) is 0 Å². The monoisotopic (exact) mass is 258 g/mol. The first-order valence-electron chi connectivity index (χ1n) is 6.24. The average molecular weight is 258 g/mol. The van der Waals surface area contributed by atoms with E-state index in [1.807, 2.05) is 12.1 Å². The van der Waals surface area contributed by atoms with Gasteiger partial charge >= 0.3 is 6.18 Å². The Hall–Kier alpha value is -1.23. The van der Waals surface area contributed by atoms with Gasteiger partial charge < -0.3 is 0 Å². The molecule has 0 saturated heterocycles. The van der Waals surface area contributed by atoms with Crippen molar-refractivity contribution in [1.82, 2.24) is 0 Å². The Morgan fingerprint density at radius 3 is 2.11 bits per heavy atom. The SMILES string of the molecule is N#CCCC1(CCC#N)CCC[C@@H](C(F)(F)F)C1. The molecule has 5 heteroatoms. The van der Waals surface area contributed by atoms with Gasteiger partial charge in [0.25, 0.3) is 0 Å². The van der Waals surface area contributed by atoms with Gasteiger partial charge in [0.15, 0.2) is 0 Å². The van der Waals surface area contributed by atoms with Gasteiger partial charge in [0.2, 0.25) is 0 Å². The van der Waals surface area contributed by atoms with Crippen LogP contribution in [0.25, 0.3) is 0 Å². The molecule has 0 heterocycles. The number of hydrogen-bond donors (Lipinski definition) is 0. The Labute approximate surface area is 105 Å². The number of nitriles is 2. The maximum atomic E-state index is 12.8. The highest BCUT2D eigenvalue weighted by molar-refractivity contribution is 4.92. The van der Waals surface area contributed by atoms with Crippen LogP contribution in [0.3, 0.4) is 0 Å². The molecule has 0 aromatic rings. The second-order valence-corrected chi connectivity index (χ2v) is 5.15. The van der Waals surface area contributed by atoms with E-state index in [0.29, 0.717) is 25.7 Å². The molecule has 1 aliphatic carbocycles. The zero-order valence-corrected chi connectivity index (χ0v) is 10.3. The van der Waals surface area contributed by atoms with Crippen LogP contribution < -0.4 is 0 Å². The summed E-state index contributed by atoms with van der Waals surface area (Å²) in [5, 5.41) is 17.3. The summed E-state index contributed by atoms with van der Waals surface area (Å²) in [6.45, 7) is 0. The molecule has 1 fully saturated rings. The van der Waals surface area contributed by atoms with Crippen molar-refractivity contribution in [1.29, 1.82) is 10.5 Å². The van der Waals surface area contributed by atoms with Gasteiger partial charge in [0.1, 0.15) is 0 Å².